The minimum atomic E-state index is -1.28. The molecule has 0 heterocycles. The summed E-state index contributed by atoms with van der Waals surface area (Å²) in [7, 11) is 1.53. The zero-order valence-corrected chi connectivity index (χ0v) is 16.4. The number of methoxy groups -OCH3 is 1. The van der Waals surface area contributed by atoms with Crippen LogP contribution in [0.15, 0.2) is 42.5 Å². The second-order valence-electron chi connectivity index (χ2n) is 6.69. The van der Waals surface area contributed by atoms with E-state index in [4.69, 9.17) is 9.47 Å². The quantitative estimate of drug-likeness (QED) is 0.722. The van der Waals surface area contributed by atoms with Gasteiger partial charge in [-0.3, -0.25) is 9.59 Å². The number of carbonyl (C=O) groups excluding carboxylic acids is 2. The van der Waals surface area contributed by atoms with Crippen molar-refractivity contribution in [2.24, 2.45) is 5.41 Å². The highest BCUT2D eigenvalue weighted by atomic mass is 16.5. The van der Waals surface area contributed by atoms with Gasteiger partial charge in [0, 0.05) is 5.69 Å². The molecule has 0 atom stereocenters. The van der Waals surface area contributed by atoms with Crippen LogP contribution in [0.25, 0.3) is 0 Å². The summed E-state index contributed by atoms with van der Waals surface area (Å²) in [6, 6.07) is 12.5. The number of benzene rings is 2. The molecular formula is C21H26N2O4. The fraction of sp³-hybridized carbons (Fsp3) is 0.333. The molecule has 0 aliphatic rings. The van der Waals surface area contributed by atoms with Crippen LogP contribution in [0, 0.1) is 12.3 Å². The van der Waals surface area contributed by atoms with Crippen molar-refractivity contribution in [1.82, 2.24) is 0 Å². The van der Waals surface area contributed by atoms with Crippen LogP contribution >= 0.6 is 0 Å². The summed E-state index contributed by atoms with van der Waals surface area (Å²) in [6.45, 7) is 7.54. The maximum absolute atomic E-state index is 12.7. The van der Waals surface area contributed by atoms with E-state index in [2.05, 4.69) is 10.6 Å². The van der Waals surface area contributed by atoms with Crippen molar-refractivity contribution < 1.29 is 19.1 Å². The van der Waals surface area contributed by atoms with Crippen molar-refractivity contribution in [3.63, 3.8) is 0 Å². The molecule has 0 fully saturated rings. The Hall–Kier alpha value is -3.02. The Bertz CT molecular complexity index is 813. The fourth-order valence-electron chi connectivity index (χ4n) is 2.39. The lowest BCUT2D eigenvalue weighted by Crippen LogP contribution is -2.41. The standard InChI is InChI=1S/C21H26N2O4/c1-6-27-16-10-8-15(9-11-16)22-19(24)21(3,4)20(25)23-17-13-14(2)7-12-18(17)26-5/h7-13H,6H2,1-5H3,(H,22,24)(H,23,25). The molecule has 0 spiro atoms. The van der Waals surface area contributed by atoms with E-state index in [0.29, 0.717) is 23.7 Å². The molecule has 27 heavy (non-hydrogen) atoms. The van der Waals surface area contributed by atoms with Crippen LogP contribution in [0.1, 0.15) is 26.3 Å². The van der Waals surface area contributed by atoms with Gasteiger partial charge < -0.3 is 20.1 Å². The third-order valence-electron chi connectivity index (χ3n) is 4.16. The molecule has 2 rings (SSSR count). The minimum absolute atomic E-state index is 0.407. The maximum Gasteiger partial charge on any atom is 0.239 e. The van der Waals surface area contributed by atoms with Crippen LogP contribution in [-0.4, -0.2) is 25.5 Å². The Kier molecular flexibility index (Phi) is 6.45. The summed E-state index contributed by atoms with van der Waals surface area (Å²) < 4.78 is 10.7. The lowest BCUT2D eigenvalue weighted by Gasteiger charge is -2.23. The number of anilines is 2. The highest BCUT2D eigenvalue weighted by molar-refractivity contribution is 6.14. The van der Waals surface area contributed by atoms with E-state index in [1.165, 1.54) is 7.11 Å². The monoisotopic (exact) mass is 370 g/mol. The van der Waals surface area contributed by atoms with Crippen molar-refractivity contribution in [1.29, 1.82) is 0 Å². The van der Waals surface area contributed by atoms with Gasteiger partial charge in [0.25, 0.3) is 0 Å². The van der Waals surface area contributed by atoms with Gasteiger partial charge in [-0.15, -0.1) is 0 Å². The minimum Gasteiger partial charge on any atom is -0.495 e. The van der Waals surface area contributed by atoms with Crippen LogP contribution < -0.4 is 20.1 Å². The first-order chi connectivity index (χ1) is 12.8. The number of amides is 2. The molecule has 0 unspecified atom stereocenters. The Labute approximate surface area is 159 Å². The molecule has 0 saturated heterocycles. The van der Waals surface area contributed by atoms with E-state index in [1.807, 2.05) is 19.9 Å². The lowest BCUT2D eigenvalue weighted by molar-refractivity contribution is -0.135. The average Bonchev–Trinajstić information content (AvgIpc) is 2.63. The van der Waals surface area contributed by atoms with Crippen molar-refractivity contribution >= 4 is 23.2 Å². The first-order valence-corrected chi connectivity index (χ1v) is 8.78. The summed E-state index contributed by atoms with van der Waals surface area (Å²) in [5.74, 6) is 0.432. The summed E-state index contributed by atoms with van der Waals surface area (Å²) in [5, 5.41) is 5.56. The molecule has 0 aliphatic heterocycles. The third-order valence-corrected chi connectivity index (χ3v) is 4.16. The highest BCUT2D eigenvalue weighted by Gasteiger charge is 2.36. The molecule has 0 aromatic heterocycles. The second kappa shape index (κ2) is 8.58. The van der Waals surface area contributed by atoms with Gasteiger partial charge in [-0.2, -0.15) is 0 Å². The number of hydrogen-bond donors (Lipinski definition) is 2. The van der Waals surface area contributed by atoms with Gasteiger partial charge >= 0.3 is 0 Å². The van der Waals surface area contributed by atoms with Crippen molar-refractivity contribution in [3.05, 3.63) is 48.0 Å². The SMILES string of the molecule is CCOc1ccc(NC(=O)C(C)(C)C(=O)Nc2cc(C)ccc2OC)cc1. The van der Waals surface area contributed by atoms with E-state index in [-0.39, 0.29) is 0 Å². The number of nitrogens with one attached hydrogen (secondary N) is 2. The van der Waals surface area contributed by atoms with Gasteiger partial charge in [0.1, 0.15) is 16.9 Å². The smallest absolute Gasteiger partial charge is 0.239 e. The third kappa shape index (κ3) is 5.00. The average molecular weight is 370 g/mol. The van der Waals surface area contributed by atoms with Crippen LogP contribution in [-0.2, 0) is 9.59 Å². The van der Waals surface area contributed by atoms with Gasteiger partial charge in [-0.25, -0.2) is 0 Å². The van der Waals surface area contributed by atoms with Gasteiger partial charge in [-0.05, 0) is 69.7 Å². The van der Waals surface area contributed by atoms with Gasteiger partial charge in [0.2, 0.25) is 11.8 Å². The van der Waals surface area contributed by atoms with Gasteiger partial charge in [0.15, 0.2) is 0 Å². The van der Waals surface area contributed by atoms with Crippen LogP contribution in [0.2, 0.25) is 0 Å². The predicted octanol–water partition coefficient (Wildman–Crippen LogP) is 4.01. The zero-order chi connectivity index (χ0) is 20.0. The second-order valence-corrected chi connectivity index (χ2v) is 6.69. The Balaban J connectivity index is 2.10. The number of ether oxygens (including phenoxy) is 2. The molecule has 0 aliphatic carbocycles. The molecule has 0 bridgehead atoms. The highest BCUT2D eigenvalue weighted by Crippen LogP contribution is 2.28. The Morgan fingerprint density at radius 1 is 1.00 bits per heavy atom. The molecule has 2 N–H and O–H groups in total. The molecule has 6 nitrogen and oxygen atoms in total. The van der Waals surface area contributed by atoms with Gasteiger partial charge in [-0.1, -0.05) is 6.07 Å². The van der Waals surface area contributed by atoms with Crippen LogP contribution in [0.5, 0.6) is 11.5 Å². The van der Waals surface area contributed by atoms with E-state index >= 15 is 0 Å². The molecule has 144 valence electrons. The zero-order valence-electron chi connectivity index (χ0n) is 16.4. The van der Waals surface area contributed by atoms with Crippen LogP contribution in [0.3, 0.4) is 0 Å². The Morgan fingerprint density at radius 2 is 1.63 bits per heavy atom. The van der Waals surface area contributed by atoms with E-state index in [0.717, 1.165) is 11.3 Å². The maximum atomic E-state index is 12.7. The normalized spacial score (nSPS) is 10.9. The molecule has 0 radical (unpaired) electrons. The summed E-state index contributed by atoms with van der Waals surface area (Å²) >= 11 is 0. The Morgan fingerprint density at radius 3 is 2.22 bits per heavy atom. The molecule has 6 heteroatoms. The summed E-state index contributed by atoms with van der Waals surface area (Å²) in [4.78, 5) is 25.4. The first-order valence-electron chi connectivity index (χ1n) is 8.78. The summed E-state index contributed by atoms with van der Waals surface area (Å²) in [5.41, 5.74) is 0.817. The number of carbonyl (C=O) groups is 2. The van der Waals surface area contributed by atoms with Crippen molar-refractivity contribution in [3.8, 4) is 11.5 Å². The molecule has 2 aromatic carbocycles. The first kappa shape index (κ1) is 20.3. The predicted molar refractivity (Wildman–Crippen MR) is 106 cm³/mol. The topological polar surface area (TPSA) is 76.7 Å². The molecule has 2 aromatic rings. The number of rotatable bonds is 7. The van der Waals surface area contributed by atoms with Crippen LogP contribution in [0.4, 0.5) is 11.4 Å². The number of hydrogen-bond acceptors (Lipinski definition) is 4. The lowest BCUT2D eigenvalue weighted by atomic mass is 9.90. The van der Waals surface area contributed by atoms with E-state index in [1.54, 1.807) is 50.2 Å². The molecule has 2 amide bonds. The summed E-state index contributed by atoms with van der Waals surface area (Å²) in [6.07, 6.45) is 0. The molecular weight excluding hydrogens is 344 g/mol. The fourth-order valence-corrected chi connectivity index (χ4v) is 2.39. The van der Waals surface area contributed by atoms with E-state index in [9.17, 15) is 9.59 Å². The van der Waals surface area contributed by atoms with Crippen molar-refractivity contribution in [2.75, 3.05) is 24.4 Å². The molecule has 0 saturated carbocycles. The van der Waals surface area contributed by atoms with Crippen molar-refractivity contribution in [2.45, 2.75) is 27.7 Å². The van der Waals surface area contributed by atoms with E-state index < -0.39 is 17.2 Å². The van der Waals surface area contributed by atoms with Gasteiger partial charge in [0.05, 0.1) is 19.4 Å². The number of aryl methyl sites for hydroxylation is 1. The largest absolute Gasteiger partial charge is 0.495 e.